The number of nitrogens with zero attached hydrogens (tertiary/aromatic N) is 1. The summed E-state index contributed by atoms with van der Waals surface area (Å²) < 4.78 is 0. The zero-order valence-corrected chi connectivity index (χ0v) is 11.4. The molecule has 2 atom stereocenters. The summed E-state index contributed by atoms with van der Waals surface area (Å²) in [6, 6.07) is 6.39. The van der Waals surface area contributed by atoms with Crippen LogP contribution in [-0.4, -0.2) is 29.1 Å². The lowest BCUT2D eigenvalue weighted by Gasteiger charge is -2.37. The van der Waals surface area contributed by atoms with Crippen molar-refractivity contribution in [2.75, 3.05) is 13.1 Å². The maximum atomic E-state index is 9.92. The Bertz CT molecular complexity index is 405. The number of hydrogen-bond donors (Lipinski definition) is 2. The van der Waals surface area contributed by atoms with Gasteiger partial charge in [-0.05, 0) is 45.2 Å². The van der Waals surface area contributed by atoms with Gasteiger partial charge in [0.05, 0.1) is 0 Å². The fourth-order valence-corrected chi connectivity index (χ4v) is 2.73. The van der Waals surface area contributed by atoms with Gasteiger partial charge < -0.3 is 10.8 Å². The number of rotatable bonds is 3. The van der Waals surface area contributed by atoms with E-state index >= 15 is 0 Å². The lowest BCUT2D eigenvalue weighted by Crippen LogP contribution is -2.43. The molecular weight excluding hydrogens is 224 g/mol. The Hall–Kier alpha value is -1.06. The first-order chi connectivity index (χ1) is 8.60. The molecule has 0 aromatic heterocycles. The van der Waals surface area contributed by atoms with Gasteiger partial charge in [-0.2, -0.15) is 0 Å². The molecule has 1 aliphatic heterocycles. The van der Waals surface area contributed by atoms with Crippen molar-refractivity contribution in [3.05, 3.63) is 29.3 Å². The number of aryl methyl sites for hydroxylation is 1. The lowest BCUT2D eigenvalue weighted by atomic mass is 9.93. The van der Waals surface area contributed by atoms with E-state index in [1.807, 2.05) is 6.07 Å². The third kappa shape index (κ3) is 3.03. The van der Waals surface area contributed by atoms with Gasteiger partial charge in [0.2, 0.25) is 0 Å². The second-order valence-electron chi connectivity index (χ2n) is 5.59. The maximum absolute atomic E-state index is 9.92. The molecule has 0 aliphatic carbocycles. The molecule has 0 spiro atoms. The molecule has 100 valence electrons. The number of aromatic hydroxyl groups is 1. The van der Waals surface area contributed by atoms with E-state index in [2.05, 4.69) is 24.8 Å². The minimum absolute atomic E-state index is 0.405. The molecule has 3 N–H and O–H groups in total. The van der Waals surface area contributed by atoms with Crippen LogP contribution in [0.25, 0.3) is 0 Å². The number of piperidine rings is 1. The first-order valence-corrected chi connectivity index (χ1v) is 6.82. The quantitative estimate of drug-likeness (QED) is 0.862. The highest BCUT2D eigenvalue weighted by atomic mass is 16.3. The van der Waals surface area contributed by atoms with E-state index in [9.17, 15) is 5.11 Å². The first kappa shape index (κ1) is 13.4. The summed E-state index contributed by atoms with van der Waals surface area (Å²) in [5.41, 5.74) is 8.01. The zero-order valence-electron chi connectivity index (χ0n) is 11.4. The number of nitrogens with two attached hydrogens (primary N) is 1. The van der Waals surface area contributed by atoms with E-state index in [1.54, 1.807) is 6.07 Å². The molecule has 0 bridgehead atoms. The van der Waals surface area contributed by atoms with E-state index < -0.39 is 0 Å². The van der Waals surface area contributed by atoms with Crippen LogP contribution in [0.4, 0.5) is 0 Å². The second-order valence-corrected chi connectivity index (χ2v) is 5.59. The highest BCUT2D eigenvalue weighted by Crippen LogP contribution is 2.26. The molecule has 0 saturated carbocycles. The van der Waals surface area contributed by atoms with Crippen LogP contribution in [0.3, 0.4) is 0 Å². The van der Waals surface area contributed by atoms with Crippen molar-refractivity contribution < 1.29 is 5.11 Å². The molecule has 18 heavy (non-hydrogen) atoms. The van der Waals surface area contributed by atoms with Crippen LogP contribution in [0.5, 0.6) is 5.75 Å². The molecule has 1 saturated heterocycles. The largest absolute Gasteiger partial charge is 0.508 e. The Balaban J connectivity index is 2.09. The summed E-state index contributed by atoms with van der Waals surface area (Å²) in [5.74, 6) is 1.01. The summed E-state index contributed by atoms with van der Waals surface area (Å²) in [4.78, 5) is 2.44. The van der Waals surface area contributed by atoms with Gasteiger partial charge in [0.1, 0.15) is 5.75 Å². The summed E-state index contributed by atoms with van der Waals surface area (Å²) in [7, 11) is 0. The molecule has 2 unspecified atom stereocenters. The molecule has 0 radical (unpaired) electrons. The van der Waals surface area contributed by atoms with Gasteiger partial charge in [0.25, 0.3) is 0 Å². The predicted octanol–water partition coefficient (Wildman–Crippen LogP) is 2.26. The van der Waals surface area contributed by atoms with Crippen LogP contribution >= 0.6 is 0 Å². The van der Waals surface area contributed by atoms with Crippen molar-refractivity contribution in [3.63, 3.8) is 0 Å². The number of phenolic OH excluding ortho intramolecular Hbond substituents is 1. The standard InChI is InChI=1S/C15H24N2O/c1-11-3-6-15(18)14(7-11)10-17-9-13(8-16)5-4-12(17)2/h3,6-7,12-13,18H,4-5,8-10,16H2,1-2H3. The SMILES string of the molecule is Cc1ccc(O)c(CN2CC(CN)CCC2C)c1. The van der Waals surface area contributed by atoms with E-state index in [-0.39, 0.29) is 0 Å². The molecule has 2 rings (SSSR count). The molecule has 0 amide bonds. The van der Waals surface area contributed by atoms with Gasteiger partial charge in [-0.15, -0.1) is 0 Å². The molecule has 3 heteroatoms. The fourth-order valence-electron chi connectivity index (χ4n) is 2.73. The molecular formula is C15H24N2O. The minimum atomic E-state index is 0.405. The lowest BCUT2D eigenvalue weighted by molar-refractivity contribution is 0.112. The zero-order chi connectivity index (χ0) is 13.1. The van der Waals surface area contributed by atoms with E-state index in [0.717, 1.165) is 25.2 Å². The van der Waals surface area contributed by atoms with Crippen LogP contribution in [-0.2, 0) is 6.54 Å². The van der Waals surface area contributed by atoms with Gasteiger partial charge in [0.15, 0.2) is 0 Å². The molecule has 1 fully saturated rings. The minimum Gasteiger partial charge on any atom is -0.508 e. The Morgan fingerprint density at radius 1 is 1.39 bits per heavy atom. The summed E-state index contributed by atoms with van der Waals surface area (Å²) >= 11 is 0. The van der Waals surface area contributed by atoms with Gasteiger partial charge in [-0.3, -0.25) is 4.90 Å². The van der Waals surface area contributed by atoms with Gasteiger partial charge in [-0.25, -0.2) is 0 Å². The van der Waals surface area contributed by atoms with Crippen LogP contribution in [0.1, 0.15) is 30.9 Å². The van der Waals surface area contributed by atoms with Crippen molar-refractivity contribution >= 4 is 0 Å². The van der Waals surface area contributed by atoms with E-state index in [4.69, 9.17) is 5.73 Å². The second kappa shape index (κ2) is 5.72. The highest BCUT2D eigenvalue weighted by molar-refractivity contribution is 5.35. The third-order valence-electron chi connectivity index (χ3n) is 4.05. The van der Waals surface area contributed by atoms with Crippen molar-refractivity contribution in [3.8, 4) is 5.75 Å². The molecule has 1 aromatic rings. The third-order valence-corrected chi connectivity index (χ3v) is 4.05. The summed E-state index contributed by atoms with van der Waals surface area (Å²) in [6.45, 7) is 6.96. The monoisotopic (exact) mass is 248 g/mol. The Kier molecular flexibility index (Phi) is 4.25. The van der Waals surface area contributed by atoms with Crippen LogP contribution < -0.4 is 5.73 Å². The predicted molar refractivity (Wildman–Crippen MR) is 74.5 cm³/mol. The number of hydrogen-bond acceptors (Lipinski definition) is 3. The van der Waals surface area contributed by atoms with Crippen LogP contribution in [0, 0.1) is 12.8 Å². The van der Waals surface area contributed by atoms with Crippen LogP contribution in [0.2, 0.25) is 0 Å². The number of phenols is 1. The summed E-state index contributed by atoms with van der Waals surface area (Å²) in [6.07, 6.45) is 2.43. The van der Waals surface area contributed by atoms with E-state index in [1.165, 1.54) is 18.4 Å². The fraction of sp³-hybridized carbons (Fsp3) is 0.600. The highest BCUT2D eigenvalue weighted by Gasteiger charge is 2.25. The van der Waals surface area contributed by atoms with Crippen molar-refractivity contribution in [2.24, 2.45) is 11.7 Å². The molecule has 3 nitrogen and oxygen atoms in total. The van der Waals surface area contributed by atoms with Crippen molar-refractivity contribution in [2.45, 2.75) is 39.3 Å². The van der Waals surface area contributed by atoms with Crippen molar-refractivity contribution in [1.82, 2.24) is 4.90 Å². The van der Waals surface area contributed by atoms with Gasteiger partial charge >= 0.3 is 0 Å². The van der Waals surface area contributed by atoms with Crippen LogP contribution in [0.15, 0.2) is 18.2 Å². The van der Waals surface area contributed by atoms with Gasteiger partial charge in [0, 0.05) is 24.7 Å². The average Bonchev–Trinajstić information content (AvgIpc) is 2.36. The average molecular weight is 248 g/mol. The topological polar surface area (TPSA) is 49.5 Å². The Morgan fingerprint density at radius 3 is 2.89 bits per heavy atom. The Morgan fingerprint density at radius 2 is 2.17 bits per heavy atom. The van der Waals surface area contributed by atoms with Crippen molar-refractivity contribution in [1.29, 1.82) is 0 Å². The maximum Gasteiger partial charge on any atom is 0.120 e. The normalized spacial score (nSPS) is 25.3. The number of likely N-dealkylation sites (tertiary alicyclic amines) is 1. The van der Waals surface area contributed by atoms with Gasteiger partial charge in [-0.1, -0.05) is 17.7 Å². The first-order valence-electron chi connectivity index (χ1n) is 6.82. The molecule has 1 aromatic carbocycles. The smallest absolute Gasteiger partial charge is 0.120 e. The summed E-state index contributed by atoms with van der Waals surface area (Å²) in [5, 5.41) is 9.92. The Labute approximate surface area is 110 Å². The molecule has 1 heterocycles. The van der Waals surface area contributed by atoms with E-state index in [0.29, 0.717) is 17.7 Å². The molecule has 1 aliphatic rings. The number of benzene rings is 1.